The first-order chi connectivity index (χ1) is 38.0. The number of rotatable bonds is 8. The van der Waals surface area contributed by atoms with E-state index in [0.717, 1.165) is 35.9 Å². The molecular weight excluding hydrogens is 1080 g/mol. The second-order valence-corrected chi connectivity index (χ2v) is 20.1. The van der Waals surface area contributed by atoms with Crippen LogP contribution in [0.1, 0.15) is 38.8 Å². The number of carbonyl (C=O) groups is 2. The maximum Gasteiger partial charge on any atom is 0.497 e. The Kier molecular flexibility index (Phi) is 16.6. The van der Waals surface area contributed by atoms with Gasteiger partial charge in [0, 0.05) is 99.3 Å². The quantitative estimate of drug-likeness (QED) is 0.0843. The Morgan fingerprint density at radius 1 is 0.550 bits per heavy atom. The molecule has 2 aromatic carbocycles. The summed E-state index contributed by atoms with van der Waals surface area (Å²) >= 11 is 6.19. The molecule has 4 aromatic heterocycles. The summed E-state index contributed by atoms with van der Waals surface area (Å²) in [5, 5.41) is 0.331. The highest BCUT2D eigenvalue weighted by molar-refractivity contribution is 6.62. The summed E-state index contributed by atoms with van der Waals surface area (Å²) in [6.45, 7) is 13.5. The molecule has 422 valence electrons. The molecule has 4 amide bonds. The summed E-state index contributed by atoms with van der Waals surface area (Å²) in [5.74, 6) is 1.05. The van der Waals surface area contributed by atoms with E-state index >= 15 is 0 Å². The number of nitrogen functional groups attached to an aromatic ring is 2. The van der Waals surface area contributed by atoms with Crippen LogP contribution in [0.15, 0.2) is 97.3 Å². The van der Waals surface area contributed by atoms with E-state index in [4.69, 9.17) is 41.9 Å². The van der Waals surface area contributed by atoms with Gasteiger partial charge in [-0.2, -0.15) is 36.3 Å². The Hall–Kier alpha value is -7.59. The number of alkyl halides is 6. The van der Waals surface area contributed by atoms with E-state index in [0.29, 0.717) is 95.7 Å². The minimum absolute atomic E-state index is 0.00211. The van der Waals surface area contributed by atoms with E-state index in [1.807, 2.05) is 70.5 Å². The number of urea groups is 2. The zero-order chi connectivity index (χ0) is 57.1. The fraction of sp³-hybridized carbons (Fsp3) is 0.385. The van der Waals surface area contributed by atoms with Crippen molar-refractivity contribution in [2.45, 2.75) is 51.2 Å². The van der Waals surface area contributed by atoms with Crippen LogP contribution in [0.25, 0.3) is 11.3 Å². The molecule has 0 radical (unpaired) electrons. The van der Waals surface area contributed by atoms with Crippen LogP contribution in [0.3, 0.4) is 0 Å². The number of hydrogen-bond acceptors (Lipinski definition) is 16. The van der Waals surface area contributed by atoms with Crippen LogP contribution in [0.4, 0.5) is 82.5 Å². The molecule has 0 bridgehead atoms. The number of benzene rings is 2. The van der Waals surface area contributed by atoms with Crippen molar-refractivity contribution < 1.29 is 54.7 Å². The highest BCUT2D eigenvalue weighted by Gasteiger charge is 2.54. The minimum atomic E-state index is -4.68. The fourth-order valence-corrected chi connectivity index (χ4v) is 9.20. The minimum Gasteiger partial charge on any atom is -0.399 e. The van der Waals surface area contributed by atoms with Gasteiger partial charge in [-0.1, -0.05) is 48.0 Å². The second kappa shape index (κ2) is 23.2. The van der Waals surface area contributed by atoms with E-state index in [1.165, 1.54) is 11.0 Å². The highest BCUT2D eigenvalue weighted by atomic mass is 35.5. The number of para-hydroxylation sites is 2. The Morgan fingerprint density at radius 2 is 0.975 bits per heavy atom. The largest absolute Gasteiger partial charge is 0.497 e. The standard InChI is InChI=1S/C23H22F3N7O2.C17H18ClN5O2.C12H16BF3N2O2/c24-23(25,26)17-12-19(27)28-14-16(17)18-13-20(30-21(29-18)31-8-10-35-11-9-31)33-7-6-32(22(33)34)15-4-2-1-3-5-15;18-14-12-15(20-16(19-14)21-8-10-25-11-9-21)23-7-6-22(17(23)24)13-4-2-1-3-5-13;1-10(2)11(3,4)20-13(19-10)8-6-18-9(17)5-7(8)12(14,15)16/h1-5,12-14H,6-11H2,(H2,27,28);1-5,12H,6-11H2;5-6H,1-4H3,(H2,17,18). The van der Waals surface area contributed by atoms with Crippen LogP contribution in [0, 0.1) is 0 Å². The highest BCUT2D eigenvalue weighted by Crippen LogP contribution is 2.40. The van der Waals surface area contributed by atoms with Crippen LogP contribution in [-0.4, -0.2) is 139 Å². The summed E-state index contributed by atoms with van der Waals surface area (Å²) in [6.07, 6.45) is -7.12. The molecule has 0 spiro atoms. The lowest BCUT2D eigenvalue weighted by Crippen LogP contribution is -2.41. The fourth-order valence-electron chi connectivity index (χ4n) is 9.03. The number of hydrogen-bond donors (Lipinski definition) is 2. The van der Waals surface area contributed by atoms with Crippen molar-refractivity contribution in [2.24, 2.45) is 0 Å². The Bertz CT molecular complexity index is 3160. The third kappa shape index (κ3) is 12.7. The number of amides is 4. The average molecular weight is 1130 g/mol. The van der Waals surface area contributed by atoms with Gasteiger partial charge in [0.15, 0.2) is 0 Å². The third-order valence-corrected chi connectivity index (χ3v) is 14.1. The van der Waals surface area contributed by atoms with Crippen molar-refractivity contribution in [1.29, 1.82) is 0 Å². The predicted octanol–water partition coefficient (Wildman–Crippen LogP) is 7.82. The maximum atomic E-state index is 13.8. The van der Waals surface area contributed by atoms with Crippen LogP contribution < -0.4 is 46.3 Å². The monoisotopic (exact) mass is 1130 g/mol. The van der Waals surface area contributed by atoms with Gasteiger partial charge in [-0.25, -0.2) is 29.5 Å². The van der Waals surface area contributed by atoms with Crippen LogP contribution in [0.2, 0.25) is 5.15 Å². The molecule has 80 heavy (non-hydrogen) atoms. The number of nitrogens with two attached hydrogens (primary N) is 2. The smallest absolute Gasteiger partial charge is 0.399 e. The number of aromatic nitrogens is 6. The number of ether oxygens (including phenoxy) is 2. The molecule has 5 aliphatic rings. The topological polar surface area (TPSA) is 220 Å². The van der Waals surface area contributed by atoms with Gasteiger partial charge in [-0.15, -0.1) is 0 Å². The maximum absolute atomic E-state index is 13.8. The first-order valence-corrected chi connectivity index (χ1v) is 25.7. The van der Waals surface area contributed by atoms with Gasteiger partial charge in [0.25, 0.3) is 0 Å². The van der Waals surface area contributed by atoms with Crippen molar-refractivity contribution in [3.05, 3.63) is 114 Å². The number of nitrogens with zero attached hydrogens (tertiary/aromatic N) is 12. The molecule has 5 aliphatic heterocycles. The molecule has 28 heteroatoms. The molecule has 9 heterocycles. The SMILES string of the molecule is CC1(C)OB(c2cnc(N)cc2C(F)(F)F)OC1(C)C.Nc1cc(C(F)(F)F)c(-c2cc(N3CCN(c4ccccc4)C3=O)nc(N3CCOCC3)n2)cn1.O=C1N(c2ccccc2)CCN1c1cc(Cl)nc(N2CCOCC2)n1. The van der Waals surface area contributed by atoms with Gasteiger partial charge in [-0.05, 0) is 64.1 Å². The summed E-state index contributed by atoms with van der Waals surface area (Å²) in [5.41, 5.74) is 8.80. The lowest BCUT2D eigenvalue weighted by atomic mass is 9.77. The van der Waals surface area contributed by atoms with Crippen LogP contribution in [0.5, 0.6) is 0 Å². The van der Waals surface area contributed by atoms with Gasteiger partial charge >= 0.3 is 31.5 Å². The molecule has 6 aromatic rings. The van der Waals surface area contributed by atoms with Crippen molar-refractivity contribution in [2.75, 3.05) is 120 Å². The molecular formula is C52H56BClF6N14O6. The molecule has 0 atom stereocenters. The Morgan fingerprint density at radius 3 is 1.45 bits per heavy atom. The van der Waals surface area contributed by atoms with Gasteiger partial charge in [0.2, 0.25) is 11.9 Å². The van der Waals surface area contributed by atoms with E-state index < -0.39 is 41.8 Å². The molecule has 0 unspecified atom stereocenters. The lowest BCUT2D eigenvalue weighted by Gasteiger charge is -2.32. The second-order valence-electron chi connectivity index (χ2n) is 19.7. The molecule has 0 aliphatic carbocycles. The zero-order valence-corrected chi connectivity index (χ0v) is 44.7. The normalized spacial score (nSPS) is 18.3. The Labute approximate surface area is 461 Å². The molecule has 11 rings (SSSR count). The van der Waals surface area contributed by atoms with E-state index in [9.17, 15) is 35.9 Å². The van der Waals surface area contributed by atoms with E-state index in [-0.39, 0.29) is 52.2 Å². The van der Waals surface area contributed by atoms with Crippen molar-refractivity contribution in [3.8, 4) is 11.3 Å². The lowest BCUT2D eigenvalue weighted by molar-refractivity contribution is -0.137. The van der Waals surface area contributed by atoms with Gasteiger partial charge in [-0.3, -0.25) is 19.6 Å². The first-order valence-electron chi connectivity index (χ1n) is 25.4. The molecule has 0 saturated carbocycles. The summed E-state index contributed by atoms with van der Waals surface area (Å²) in [7, 11) is -1.12. The third-order valence-electron chi connectivity index (χ3n) is 13.9. The van der Waals surface area contributed by atoms with Crippen molar-refractivity contribution in [3.63, 3.8) is 0 Å². The van der Waals surface area contributed by atoms with Gasteiger partial charge < -0.3 is 40.0 Å². The predicted molar refractivity (Wildman–Crippen MR) is 290 cm³/mol. The molecule has 20 nitrogen and oxygen atoms in total. The zero-order valence-electron chi connectivity index (χ0n) is 43.9. The molecule has 5 fully saturated rings. The van der Waals surface area contributed by atoms with Crippen LogP contribution >= 0.6 is 11.6 Å². The van der Waals surface area contributed by atoms with Crippen molar-refractivity contribution in [1.82, 2.24) is 29.9 Å². The average Bonchev–Trinajstić information content (AvgIpc) is 4.13. The summed E-state index contributed by atoms with van der Waals surface area (Å²) < 4.78 is 103. The molecule has 4 N–H and O–H groups in total. The molecule has 5 saturated heterocycles. The Balaban J connectivity index is 0.000000152. The number of morpholine rings is 2. The summed E-state index contributed by atoms with van der Waals surface area (Å²) in [4.78, 5) is 61.8. The van der Waals surface area contributed by atoms with Gasteiger partial charge in [0.1, 0.15) is 28.4 Å². The number of pyridine rings is 2. The van der Waals surface area contributed by atoms with Crippen molar-refractivity contribution >= 4 is 82.8 Å². The first kappa shape index (κ1) is 57.1. The van der Waals surface area contributed by atoms with E-state index in [2.05, 4.69) is 29.9 Å². The summed E-state index contributed by atoms with van der Waals surface area (Å²) in [6, 6.07) is 23.0. The number of anilines is 8. The van der Waals surface area contributed by atoms with E-state index in [1.54, 1.807) is 48.5 Å². The number of carbonyl (C=O) groups excluding carboxylic acids is 2. The number of halogens is 7. The van der Waals surface area contributed by atoms with Gasteiger partial charge in [0.05, 0.1) is 54.5 Å². The van der Waals surface area contributed by atoms with Crippen LogP contribution in [-0.2, 0) is 31.1 Å².